The van der Waals surface area contributed by atoms with E-state index in [0.29, 0.717) is 33.7 Å². The number of nitrogens with zero attached hydrogens (tertiary/aromatic N) is 2. The maximum atomic E-state index is 13.8. The van der Waals surface area contributed by atoms with Crippen molar-refractivity contribution in [1.82, 2.24) is 10.2 Å². The molecule has 1 atom stereocenters. The zero-order valence-electron chi connectivity index (χ0n) is 23.3. The first-order chi connectivity index (χ1) is 19.6. The van der Waals surface area contributed by atoms with Gasteiger partial charge in [-0.2, -0.15) is 0 Å². The molecule has 0 aliphatic heterocycles. The van der Waals surface area contributed by atoms with Gasteiger partial charge in [0, 0.05) is 48.6 Å². The van der Waals surface area contributed by atoms with Crippen molar-refractivity contribution in [2.75, 3.05) is 30.8 Å². The Balaban J connectivity index is 1.90. The Morgan fingerprint density at radius 2 is 1.59 bits per heavy atom. The number of amides is 2. The number of nitrogens with one attached hydrogen (secondary N) is 1. The van der Waals surface area contributed by atoms with Crippen LogP contribution in [0.1, 0.15) is 30.9 Å². The fourth-order valence-corrected chi connectivity index (χ4v) is 5.98. The average Bonchev–Trinajstić information content (AvgIpc) is 2.94. The van der Waals surface area contributed by atoms with Crippen molar-refractivity contribution >= 4 is 50.7 Å². The molecule has 0 aliphatic rings. The summed E-state index contributed by atoms with van der Waals surface area (Å²) in [7, 11) is -2.16. The third-order valence-corrected chi connectivity index (χ3v) is 8.38. The topological polar surface area (TPSA) is 96.0 Å². The predicted molar refractivity (Wildman–Crippen MR) is 164 cm³/mol. The van der Waals surface area contributed by atoms with Crippen LogP contribution in [-0.2, 0) is 32.6 Å². The van der Waals surface area contributed by atoms with Crippen LogP contribution in [-0.4, -0.2) is 57.6 Å². The summed E-state index contributed by atoms with van der Waals surface area (Å²) in [5, 5.41) is 3.42. The first kappa shape index (κ1) is 32.2. The van der Waals surface area contributed by atoms with Crippen molar-refractivity contribution in [3.63, 3.8) is 0 Å². The molecule has 41 heavy (non-hydrogen) atoms. The average molecular weight is 621 g/mol. The van der Waals surface area contributed by atoms with Gasteiger partial charge in [-0.15, -0.1) is 0 Å². The minimum Gasteiger partial charge on any atom is -0.492 e. The molecule has 0 saturated heterocycles. The molecule has 0 heterocycles. The fourth-order valence-electron chi connectivity index (χ4n) is 4.50. The summed E-state index contributed by atoms with van der Waals surface area (Å²) in [6.45, 7) is 2.23. The molecule has 0 saturated carbocycles. The molecular formula is C30H35Cl2N3O5S. The van der Waals surface area contributed by atoms with Gasteiger partial charge in [-0.25, -0.2) is 8.42 Å². The molecule has 2 amide bonds. The van der Waals surface area contributed by atoms with E-state index >= 15 is 0 Å². The minimum atomic E-state index is -3.68. The van der Waals surface area contributed by atoms with E-state index in [9.17, 15) is 18.0 Å². The van der Waals surface area contributed by atoms with Crippen molar-refractivity contribution in [2.24, 2.45) is 0 Å². The van der Waals surface area contributed by atoms with Crippen molar-refractivity contribution < 1.29 is 22.7 Å². The molecule has 0 fully saturated rings. The Morgan fingerprint density at radius 1 is 0.951 bits per heavy atom. The monoisotopic (exact) mass is 619 g/mol. The van der Waals surface area contributed by atoms with E-state index in [1.165, 1.54) is 16.3 Å². The fraction of sp³-hybridized carbons (Fsp3) is 0.333. The van der Waals surface area contributed by atoms with E-state index in [-0.39, 0.29) is 44.2 Å². The molecule has 0 aliphatic carbocycles. The smallest absolute Gasteiger partial charge is 0.242 e. The highest BCUT2D eigenvalue weighted by Crippen LogP contribution is 2.31. The molecule has 220 valence electrons. The highest BCUT2D eigenvalue weighted by Gasteiger charge is 2.31. The number of sulfonamides is 1. The van der Waals surface area contributed by atoms with Gasteiger partial charge in [0.2, 0.25) is 21.8 Å². The molecular weight excluding hydrogens is 585 g/mol. The molecule has 0 unspecified atom stereocenters. The number of hydrogen-bond acceptors (Lipinski definition) is 5. The lowest BCUT2D eigenvalue weighted by Gasteiger charge is -2.32. The first-order valence-electron chi connectivity index (χ1n) is 13.2. The Bertz CT molecular complexity index is 1420. The Labute approximate surface area is 252 Å². The summed E-state index contributed by atoms with van der Waals surface area (Å²) in [5.41, 5.74) is 1.80. The maximum Gasteiger partial charge on any atom is 0.242 e. The van der Waals surface area contributed by atoms with Gasteiger partial charge < -0.3 is 15.0 Å². The second-order valence-electron chi connectivity index (χ2n) is 9.38. The van der Waals surface area contributed by atoms with Crippen molar-refractivity contribution in [1.29, 1.82) is 0 Å². The maximum absolute atomic E-state index is 13.8. The second-order valence-corrected chi connectivity index (χ2v) is 12.1. The predicted octanol–water partition coefficient (Wildman–Crippen LogP) is 5.32. The molecule has 0 spiro atoms. The van der Waals surface area contributed by atoms with Gasteiger partial charge in [-0.05, 0) is 43.2 Å². The third-order valence-electron chi connectivity index (χ3n) is 6.49. The van der Waals surface area contributed by atoms with E-state index in [4.69, 9.17) is 27.9 Å². The van der Waals surface area contributed by atoms with Crippen LogP contribution in [0, 0.1) is 0 Å². The number of rotatable bonds is 14. The third kappa shape index (κ3) is 8.86. The Morgan fingerprint density at radius 3 is 2.20 bits per heavy atom. The van der Waals surface area contributed by atoms with Gasteiger partial charge in [0.25, 0.3) is 0 Å². The van der Waals surface area contributed by atoms with Gasteiger partial charge in [0.1, 0.15) is 11.8 Å². The van der Waals surface area contributed by atoms with E-state index < -0.39 is 16.1 Å². The second kappa shape index (κ2) is 15.1. The lowest BCUT2D eigenvalue weighted by atomic mass is 10.0. The molecule has 3 aromatic rings. The molecule has 0 bridgehead atoms. The van der Waals surface area contributed by atoms with Crippen LogP contribution in [0.2, 0.25) is 10.0 Å². The van der Waals surface area contributed by atoms with Gasteiger partial charge in [0.15, 0.2) is 0 Å². The number of anilines is 1. The van der Waals surface area contributed by atoms with Crippen LogP contribution in [0.15, 0.2) is 72.8 Å². The number of carbonyl (C=O) groups is 2. The Kier molecular flexibility index (Phi) is 11.9. The SMILES string of the molecule is CCOc1ccccc1N(CCCC(=O)N(Cc1c(Cl)cccc1Cl)[C@@H](Cc1ccccc1)C(=O)NC)S(C)(=O)=O. The van der Waals surface area contributed by atoms with Crippen LogP contribution in [0.3, 0.4) is 0 Å². The van der Waals surface area contributed by atoms with Crippen molar-refractivity contribution in [2.45, 2.75) is 38.8 Å². The number of para-hydroxylation sites is 2. The lowest BCUT2D eigenvalue weighted by molar-refractivity contribution is -0.141. The van der Waals surface area contributed by atoms with Gasteiger partial charge in [-0.1, -0.05) is 71.7 Å². The molecule has 1 N–H and O–H groups in total. The van der Waals surface area contributed by atoms with Crippen LogP contribution < -0.4 is 14.4 Å². The van der Waals surface area contributed by atoms with Crippen molar-refractivity contribution in [3.8, 4) is 5.75 Å². The molecule has 0 radical (unpaired) electrons. The number of ether oxygens (including phenoxy) is 1. The molecule has 3 aromatic carbocycles. The number of hydrogen-bond donors (Lipinski definition) is 1. The van der Waals surface area contributed by atoms with Crippen molar-refractivity contribution in [3.05, 3.63) is 94.0 Å². The summed E-state index contributed by atoms with van der Waals surface area (Å²) in [5.74, 6) is -0.241. The molecule has 3 rings (SSSR count). The number of halogens is 2. The van der Waals surface area contributed by atoms with Gasteiger partial charge >= 0.3 is 0 Å². The summed E-state index contributed by atoms with van der Waals surface area (Å²) < 4.78 is 32.4. The van der Waals surface area contributed by atoms with E-state index in [2.05, 4.69) is 5.32 Å². The number of carbonyl (C=O) groups excluding carboxylic acids is 2. The highest BCUT2D eigenvalue weighted by atomic mass is 35.5. The van der Waals surface area contributed by atoms with Crippen LogP contribution >= 0.6 is 23.2 Å². The number of benzene rings is 3. The summed E-state index contributed by atoms with van der Waals surface area (Å²) in [6.07, 6.45) is 1.56. The lowest BCUT2D eigenvalue weighted by Crippen LogP contribution is -2.50. The minimum absolute atomic E-state index is 0.00518. The molecule has 11 heteroatoms. The quantitative estimate of drug-likeness (QED) is 0.263. The zero-order chi connectivity index (χ0) is 30.0. The van der Waals surface area contributed by atoms with E-state index in [1.807, 2.05) is 37.3 Å². The normalized spacial score (nSPS) is 11.9. The van der Waals surface area contributed by atoms with Crippen LogP contribution in [0.25, 0.3) is 0 Å². The zero-order valence-corrected chi connectivity index (χ0v) is 25.7. The van der Waals surface area contributed by atoms with E-state index in [0.717, 1.165) is 11.8 Å². The summed E-state index contributed by atoms with van der Waals surface area (Å²) in [4.78, 5) is 28.4. The largest absolute Gasteiger partial charge is 0.492 e. The standard InChI is InChI=1S/C30H35Cl2N3O5S/c1-4-40-28-17-9-8-16-26(28)35(41(3,38)39)19-11-18-29(36)34(21-23-24(31)14-10-15-25(23)32)27(30(37)33-2)20-22-12-6-5-7-13-22/h5-10,12-17,27H,4,11,18-21H2,1-3H3,(H,33,37)/t27-/m0/s1. The Hall–Kier alpha value is -3.27. The molecule has 8 nitrogen and oxygen atoms in total. The first-order valence-corrected chi connectivity index (χ1v) is 15.8. The van der Waals surface area contributed by atoms with Crippen LogP contribution in [0.5, 0.6) is 5.75 Å². The highest BCUT2D eigenvalue weighted by molar-refractivity contribution is 7.92. The van der Waals surface area contributed by atoms with E-state index in [1.54, 1.807) is 42.5 Å². The molecule has 0 aromatic heterocycles. The number of likely N-dealkylation sites (N-methyl/N-ethyl adjacent to an activating group) is 1. The summed E-state index contributed by atoms with van der Waals surface area (Å²) >= 11 is 12.9. The van der Waals surface area contributed by atoms with Gasteiger partial charge in [0.05, 0.1) is 18.6 Å². The summed E-state index contributed by atoms with van der Waals surface area (Å²) in [6, 6.07) is 20.5. The van der Waals surface area contributed by atoms with Crippen LogP contribution in [0.4, 0.5) is 5.69 Å². The van der Waals surface area contributed by atoms with Gasteiger partial charge in [-0.3, -0.25) is 13.9 Å².